The molecule has 1 aliphatic rings. The number of ether oxygens (including phenoxy) is 3. The number of rotatable bonds is 8. The first-order chi connectivity index (χ1) is 16.5. The van der Waals surface area contributed by atoms with E-state index in [1.165, 1.54) is 23.3 Å². The molecule has 0 spiro atoms. The van der Waals surface area contributed by atoms with Gasteiger partial charge < -0.3 is 24.2 Å². The summed E-state index contributed by atoms with van der Waals surface area (Å²) >= 11 is 1.42. The maximum Gasteiger partial charge on any atom is 0.295 e. The Bertz CT molecular complexity index is 1230. The second-order valence-corrected chi connectivity index (χ2v) is 8.57. The zero-order valence-electron chi connectivity index (χ0n) is 19.1. The van der Waals surface area contributed by atoms with Crippen LogP contribution in [-0.2, 0) is 16.1 Å². The Hall–Kier alpha value is -3.78. The highest BCUT2D eigenvalue weighted by atomic mass is 32.1. The molecule has 1 fully saturated rings. The predicted octanol–water partition coefficient (Wildman–Crippen LogP) is 4.79. The number of benzene rings is 2. The summed E-state index contributed by atoms with van der Waals surface area (Å²) in [4.78, 5) is 28.6. The molecule has 3 aromatic rings. The fourth-order valence-electron chi connectivity index (χ4n) is 4.02. The molecular weight excluding hydrogens is 454 g/mol. The van der Waals surface area contributed by atoms with Gasteiger partial charge in [0.25, 0.3) is 11.7 Å². The van der Waals surface area contributed by atoms with E-state index in [4.69, 9.17) is 14.2 Å². The normalized spacial score (nSPS) is 17.1. The van der Waals surface area contributed by atoms with E-state index in [2.05, 4.69) is 0 Å². The topological polar surface area (TPSA) is 85.3 Å². The number of methoxy groups -OCH3 is 2. The number of hydrogen-bond acceptors (Lipinski definition) is 7. The van der Waals surface area contributed by atoms with E-state index in [1.807, 2.05) is 30.5 Å². The Balaban J connectivity index is 1.78. The second-order valence-electron chi connectivity index (χ2n) is 7.59. The molecule has 1 aliphatic heterocycles. The van der Waals surface area contributed by atoms with E-state index < -0.39 is 17.7 Å². The summed E-state index contributed by atoms with van der Waals surface area (Å²) in [6.45, 7) is 2.49. The minimum Gasteiger partial charge on any atom is -0.507 e. The highest BCUT2D eigenvalue weighted by molar-refractivity contribution is 7.10. The highest BCUT2D eigenvalue weighted by Crippen LogP contribution is 2.42. The van der Waals surface area contributed by atoms with Crippen LogP contribution < -0.4 is 14.2 Å². The molecule has 0 bridgehead atoms. The van der Waals surface area contributed by atoms with Gasteiger partial charge in [-0.05, 0) is 48.2 Å². The van der Waals surface area contributed by atoms with Gasteiger partial charge in [0.15, 0.2) is 11.5 Å². The number of carbonyl (C=O) groups excluding carboxylic acids is 2. The molecular formula is C26H25NO6S. The van der Waals surface area contributed by atoms with Gasteiger partial charge in [-0.1, -0.05) is 24.3 Å². The van der Waals surface area contributed by atoms with Crippen molar-refractivity contribution in [1.29, 1.82) is 0 Å². The lowest BCUT2D eigenvalue weighted by molar-refractivity contribution is -0.140. The van der Waals surface area contributed by atoms with Crippen LogP contribution in [0.2, 0.25) is 0 Å². The van der Waals surface area contributed by atoms with E-state index in [9.17, 15) is 14.7 Å². The number of carbonyl (C=O) groups is 2. The highest BCUT2D eigenvalue weighted by Gasteiger charge is 2.46. The van der Waals surface area contributed by atoms with Crippen molar-refractivity contribution in [2.75, 3.05) is 20.8 Å². The van der Waals surface area contributed by atoms with Crippen LogP contribution in [-0.4, -0.2) is 42.5 Å². The first-order valence-electron chi connectivity index (χ1n) is 10.7. The number of aliphatic hydroxyl groups excluding tert-OH is 1. The van der Waals surface area contributed by atoms with Gasteiger partial charge in [0.1, 0.15) is 11.5 Å². The molecule has 0 aliphatic carbocycles. The predicted molar refractivity (Wildman–Crippen MR) is 129 cm³/mol. The molecule has 8 heteroatoms. The molecule has 7 nitrogen and oxygen atoms in total. The third-order valence-electron chi connectivity index (χ3n) is 5.57. The quantitative estimate of drug-likeness (QED) is 0.284. The standard InChI is InChI=1S/C26H25NO6S/c1-4-33-18-8-5-7-17(14-18)24(28)22-23(21-9-6-12-34-21)27(26(30)25(22)29)15-16-10-11-19(31-2)20(13-16)32-3/h5-14,23,28H,4,15H2,1-3H3/b24-22-. The van der Waals surface area contributed by atoms with E-state index >= 15 is 0 Å². The van der Waals surface area contributed by atoms with Crippen molar-refractivity contribution in [3.8, 4) is 17.2 Å². The number of ketones is 1. The lowest BCUT2D eigenvalue weighted by atomic mass is 9.99. The molecule has 34 heavy (non-hydrogen) atoms. The molecule has 1 saturated heterocycles. The van der Waals surface area contributed by atoms with Gasteiger partial charge in [0, 0.05) is 17.0 Å². The zero-order valence-corrected chi connectivity index (χ0v) is 19.9. The van der Waals surface area contributed by atoms with E-state index in [0.717, 1.165) is 10.4 Å². The fourth-order valence-corrected chi connectivity index (χ4v) is 4.86. The van der Waals surface area contributed by atoms with E-state index in [-0.39, 0.29) is 17.9 Å². The number of aliphatic hydroxyl groups is 1. The van der Waals surface area contributed by atoms with Gasteiger partial charge in [0.2, 0.25) is 0 Å². The van der Waals surface area contributed by atoms with Gasteiger partial charge in [-0.15, -0.1) is 11.3 Å². The number of amides is 1. The van der Waals surface area contributed by atoms with Crippen LogP contribution in [0.3, 0.4) is 0 Å². The minimum absolute atomic E-state index is 0.0570. The SMILES string of the molecule is CCOc1cccc(/C(O)=C2/C(=O)C(=O)N(Cc3ccc(OC)c(OC)c3)C2c2cccs2)c1. The van der Waals surface area contributed by atoms with Crippen molar-refractivity contribution in [3.05, 3.63) is 81.6 Å². The molecule has 2 heterocycles. The molecule has 1 amide bonds. The molecule has 176 valence electrons. The first-order valence-corrected chi connectivity index (χ1v) is 11.6. The summed E-state index contributed by atoms with van der Waals surface area (Å²) in [7, 11) is 3.09. The first kappa shape index (κ1) is 23.4. The van der Waals surface area contributed by atoms with Gasteiger partial charge in [-0.3, -0.25) is 9.59 Å². The van der Waals surface area contributed by atoms with Crippen molar-refractivity contribution in [1.82, 2.24) is 4.90 Å². The molecule has 1 unspecified atom stereocenters. The van der Waals surface area contributed by atoms with Gasteiger partial charge in [0.05, 0.1) is 32.4 Å². The van der Waals surface area contributed by atoms with Gasteiger partial charge >= 0.3 is 0 Å². The van der Waals surface area contributed by atoms with Gasteiger partial charge in [-0.25, -0.2) is 0 Å². The van der Waals surface area contributed by atoms with Crippen LogP contribution in [0, 0.1) is 0 Å². The maximum atomic E-state index is 13.2. The number of nitrogens with zero attached hydrogens (tertiary/aromatic N) is 1. The Morgan fingerprint density at radius 3 is 2.50 bits per heavy atom. The third-order valence-corrected chi connectivity index (χ3v) is 6.50. The van der Waals surface area contributed by atoms with Crippen molar-refractivity contribution in [3.63, 3.8) is 0 Å². The zero-order chi connectivity index (χ0) is 24.2. The summed E-state index contributed by atoms with van der Waals surface area (Å²) in [6, 6.07) is 15.2. The number of Topliss-reactive ketones (excluding diaryl/α,β-unsaturated/α-hetero) is 1. The molecule has 1 aromatic heterocycles. The largest absolute Gasteiger partial charge is 0.507 e. The van der Waals surface area contributed by atoms with Crippen LogP contribution in [0.25, 0.3) is 5.76 Å². The number of likely N-dealkylation sites (tertiary alicyclic amines) is 1. The molecule has 2 aromatic carbocycles. The Morgan fingerprint density at radius 2 is 1.82 bits per heavy atom. The van der Waals surface area contributed by atoms with Crippen molar-refractivity contribution >= 4 is 28.8 Å². The van der Waals surface area contributed by atoms with Crippen LogP contribution in [0.5, 0.6) is 17.2 Å². The number of thiophene rings is 1. The summed E-state index contributed by atoms with van der Waals surface area (Å²) in [5.41, 5.74) is 1.23. The number of hydrogen-bond donors (Lipinski definition) is 1. The smallest absolute Gasteiger partial charge is 0.295 e. The van der Waals surface area contributed by atoms with E-state index in [0.29, 0.717) is 29.4 Å². The van der Waals surface area contributed by atoms with Crippen LogP contribution in [0.4, 0.5) is 0 Å². The Morgan fingerprint density at radius 1 is 1.03 bits per heavy atom. The summed E-state index contributed by atoms with van der Waals surface area (Å²) in [6.07, 6.45) is 0. The van der Waals surface area contributed by atoms with Gasteiger partial charge in [-0.2, -0.15) is 0 Å². The van der Waals surface area contributed by atoms with Crippen LogP contribution >= 0.6 is 11.3 Å². The lowest BCUT2D eigenvalue weighted by Gasteiger charge is -2.24. The molecule has 0 radical (unpaired) electrons. The Labute approximate surface area is 201 Å². The van der Waals surface area contributed by atoms with Crippen molar-refractivity contribution in [2.45, 2.75) is 19.5 Å². The minimum atomic E-state index is -0.724. The second kappa shape index (κ2) is 10.0. The monoisotopic (exact) mass is 479 g/mol. The average Bonchev–Trinajstić information content (AvgIpc) is 3.47. The third kappa shape index (κ3) is 4.36. The van der Waals surface area contributed by atoms with Crippen molar-refractivity contribution < 1.29 is 28.9 Å². The average molecular weight is 480 g/mol. The Kier molecular flexibility index (Phi) is 6.88. The van der Waals surface area contributed by atoms with Crippen LogP contribution in [0.15, 0.2) is 65.6 Å². The molecule has 4 rings (SSSR count). The van der Waals surface area contributed by atoms with E-state index in [1.54, 1.807) is 43.5 Å². The lowest BCUT2D eigenvalue weighted by Crippen LogP contribution is -2.28. The summed E-state index contributed by atoms with van der Waals surface area (Å²) in [5.74, 6) is 0.0371. The fraction of sp³-hybridized carbons (Fsp3) is 0.231. The molecule has 1 atom stereocenters. The van der Waals surface area contributed by atoms with Crippen LogP contribution in [0.1, 0.15) is 29.0 Å². The van der Waals surface area contributed by atoms with Crippen molar-refractivity contribution in [2.24, 2.45) is 0 Å². The molecule has 0 saturated carbocycles. The maximum absolute atomic E-state index is 13.2. The molecule has 1 N–H and O–H groups in total. The summed E-state index contributed by atoms with van der Waals surface area (Å²) < 4.78 is 16.2. The summed E-state index contributed by atoms with van der Waals surface area (Å²) in [5, 5.41) is 13.1.